The highest BCUT2D eigenvalue weighted by atomic mass is 32.1. The molecule has 0 radical (unpaired) electrons. The number of H-pyrrole nitrogens is 1. The van der Waals surface area contributed by atoms with Gasteiger partial charge >= 0.3 is 11.9 Å². The van der Waals surface area contributed by atoms with Gasteiger partial charge in [0, 0.05) is 62.2 Å². The molecule has 86 heavy (non-hydrogen) atoms. The zero-order valence-corrected chi connectivity index (χ0v) is 48.5. The van der Waals surface area contributed by atoms with E-state index in [0.717, 1.165) is 11.8 Å². The SMILES string of the molecule is C[C@@H](O)[C@H](NC(=O)[C@H](Cc1ccccc1)NC(=O)[C@H](CS)NC(=O)[C@H](CS)NC(=O)[C@H](CCC(=O)O)NC(=O)[C@H](CO)NC(=O)[C@@H]1CCCN1C(=O)[C@H](Cc1cnc[nH]1)NC(=O)[C@H](Cc1ccc(O)cc1)NC(=O)[C@@H]1CCCN1C(=O)CN)C(=O)O. The van der Waals surface area contributed by atoms with E-state index in [1.165, 1.54) is 41.7 Å². The van der Waals surface area contributed by atoms with Gasteiger partial charge in [0.05, 0.1) is 25.6 Å². The van der Waals surface area contributed by atoms with Crippen molar-refractivity contribution in [1.29, 1.82) is 0 Å². The van der Waals surface area contributed by atoms with Gasteiger partial charge in [-0.2, -0.15) is 25.3 Å². The lowest BCUT2D eigenvalue weighted by atomic mass is 10.0. The average Bonchev–Trinajstić information content (AvgIpc) is 2.95. The maximum atomic E-state index is 14.6. The van der Waals surface area contributed by atoms with Gasteiger partial charge < -0.3 is 88.6 Å². The van der Waals surface area contributed by atoms with E-state index in [2.05, 4.69) is 77.8 Å². The molecule has 3 heterocycles. The smallest absolute Gasteiger partial charge is 0.328 e. The van der Waals surface area contributed by atoms with Crippen LogP contribution >= 0.6 is 25.3 Å². The van der Waals surface area contributed by atoms with Crippen molar-refractivity contribution in [1.82, 2.24) is 62.3 Å². The van der Waals surface area contributed by atoms with Crippen LogP contribution in [0.4, 0.5) is 0 Å². The molecule has 3 aromatic rings. The summed E-state index contributed by atoms with van der Waals surface area (Å²) in [5.74, 6) is -12.8. The van der Waals surface area contributed by atoms with Gasteiger partial charge in [-0.05, 0) is 62.3 Å². The largest absolute Gasteiger partial charge is 0.508 e. The van der Waals surface area contributed by atoms with Crippen LogP contribution in [0, 0.1) is 0 Å². The summed E-state index contributed by atoms with van der Waals surface area (Å²) in [6.07, 6.45) is 0.497. The number of aromatic nitrogens is 2. The first-order valence-electron chi connectivity index (χ1n) is 27.5. The number of aromatic amines is 1. The predicted molar refractivity (Wildman–Crippen MR) is 309 cm³/mol. The number of hydrogen-bond acceptors (Lipinski definition) is 19. The summed E-state index contributed by atoms with van der Waals surface area (Å²) in [6.45, 7) is -0.0423. The molecular weight excluding hydrogens is 1170 g/mol. The molecule has 2 saturated heterocycles. The van der Waals surface area contributed by atoms with Crippen molar-refractivity contribution in [3.8, 4) is 5.75 Å². The molecule has 2 aliphatic heterocycles. The Balaban J connectivity index is 1.27. The summed E-state index contributed by atoms with van der Waals surface area (Å²) in [5, 5.41) is 68.9. The number of aromatic hydroxyl groups is 1. The van der Waals surface area contributed by atoms with Gasteiger partial charge in [0.2, 0.25) is 59.1 Å². The number of nitrogens with zero attached hydrogens (tertiary/aromatic N) is 3. The van der Waals surface area contributed by atoms with Crippen LogP contribution in [0.25, 0.3) is 0 Å². The molecule has 0 unspecified atom stereocenters. The van der Waals surface area contributed by atoms with Gasteiger partial charge in [0.15, 0.2) is 6.04 Å². The Labute approximate surface area is 504 Å². The monoisotopic (exact) mass is 1240 g/mol. The number of likely N-dealkylation sites (tertiary alicyclic amines) is 2. The number of phenolic OH excluding ortho intramolecular Hbond substituents is 1. The van der Waals surface area contributed by atoms with Crippen molar-refractivity contribution < 1.29 is 83.1 Å². The Kier molecular flexibility index (Phi) is 26.6. The molecule has 11 atom stereocenters. The third kappa shape index (κ3) is 19.9. The van der Waals surface area contributed by atoms with Gasteiger partial charge in [0.25, 0.3) is 0 Å². The number of aliphatic hydroxyl groups is 2. The van der Waals surface area contributed by atoms with E-state index in [4.69, 9.17) is 5.73 Å². The minimum absolute atomic E-state index is 0.0227. The highest BCUT2D eigenvalue weighted by molar-refractivity contribution is 7.80. The predicted octanol–water partition coefficient (Wildman–Crippen LogP) is -4.86. The number of hydrogen-bond donors (Lipinski definition) is 17. The standard InChI is InChI=1S/C54H73N13O17S2/c1-28(69)44(54(83)84)65-47(76)35(19-29-7-3-2-4-8-29)59-49(78)38(25-85)64-50(79)39(26-86)63-45(74)33(15-16-43(72)73)58-48(77)37(24-68)62-52(81)41-10-6-18-67(41)53(82)36(21-31-23-56-27-57-31)61-46(75)34(20-30-11-13-32(70)14-12-30)60-51(80)40-9-5-17-66(40)42(71)22-55/h2-4,7-8,11-14,23,27-28,33-41,44,68-70,85-86H,5-6,9-10,15-22,24-26,55H2,1H3,(H,56,57)(H,58,77)(H,59,78)(H,60,80)(H,61,75)(H,62,81)(H,63,74)(H,64,79)(H,65,76)(H,72,73)(H,83,84)/t28-,33+,34+,35+,36+,37+,38+,39+,40+,41+,44+/m1/s1. The van der Waals surface area contributed by atoms with Crippen LogP contribution in [-0.4, -0.2) is 221 Å². The molecule has 16 N–H and O–H groups in total. The Hall–Kier alpha value is -8.33. The van der Waals surface area contributed by atoms with E-state index in [0.29, 0.717) is 29.7 Å². The number of benzene rings is 2. The third-order valence-corrected chi connectivity index (χ3v) is 14.9. The molecule has 10 amide bonds. The lowest BCUT2D eigenvalue weighted by Gasteiger charge is -2.31. The van der Waals surface area contributed by atoms with Crippen molar-refractivity contribution in [2.75, 3.05) is 37.7 Å². The number of nitrogens with two attached hydrogens (primary N) is 1. The maximum absolute atomic E-state index is 14.6. The number of carbonyl (C=O) groups excluding carboxylic acids is 10. The van der Waals surface area contributed by atoms with Crippen LogP contribution in [0.3, 0.4) is 0 Å². The van der Waals surface area contributed by atoms with Crippen LogP contribution in [-0.2, 0) is 76.8 Å². The second-order valence-electron chi connectivity index (χ2n) is 20.5. The van der Waals surface area contributed by atoms with E-state index in [1.807, 2.05) is 0 Å². The third-order valence-electron chi connectivity index (χ3n) is 14.2. The van der Waals surface area contributed by atoms with E-state index in [9.17, 15) is 83.1 Å². The molecule has 2 aliphatic rings. The number of imidazole rings is 1. The minimum atomic E-state index is -1.82. The summed E-state index contributed by atoms with van der Waals surface area (Å²) in [6, 6.07) is -0.777. The lowest BCUT2D eigenvalue weighted by Crippen LogP contribution is -2.61. The van der Waals surface area contributed by atoms with Crippen molar-refractivity contribution >= 4 is 96.3 Å². The van der Waals surface area contributed by atoms with E-state index in [-0.39, 0.29) is 63.2 Å². The Morgan fingerprint density at radius 3 is 1.63 bits per heavy atom. The summed E-state index contributed by atoms with van der Waals surface area (Å²) >= 11 is 8.33. The number of nitrogens with one attached hydrogen (secondary N) is 9. The maximum Gasteiger partial charge on any atom is 0.328 e. The molecule has 2 fully saturated rings. The Morgan fingerprint density at radius 1 is 0.628 bits per heavy atom. The number of carboxylic acid groups (broad SMARTS) is 2. The number of aliphatic carboxylic acids is 2. The molecule has 2 aromatic carbocycles. The number of rotatable bonds is 32. The Morgan fingerprint density at radius 2 is 1.10 bits per heavy atom. The zero-order valence-electron chi connectivity index (χ0n) is 46.8. The number of carbonyl (C=O) groups is 12. The van der Waals surface area contributed by atoms with Crippen molar-refractivity contribution in [3.63, 3.8) is 0 Å². The molecule has 0 aliphatic carbocycles. The van der Waals surface area contributed by atoms with Gasteiger partial charge in [0.1, 0.15) is 60.1 Å². The quantitative estimate of drug-likeness (QED) is 0.0261. The van der Waals surface area contributed by atoms with Gasteiger partial charge in [-0.1, -0.05) is 42.5 Å². The highest BCUT2D eigenvalue weighted by Gasteiger charge is 2.42. The molecular formula is C54H73N13O17S2. The fraction of sp³-hybridized carbons (Fsp3) is 0.500. The van der Waals surface area contributed by atoms with Crippen LogP contribution in [0.2, 0.25) is 0 Å². The molecule has 5 rings (SSSR count). The van der Waals surface area contributed by atoms with Gasteiger partial charge in [-0.3, -0.25) is 52.7 Å². The average molecular weight is 1240 g/mol. The van der Waals surface area contributed by atoms with E-state index < -0.39 is 163 Å². The number of phenols is 1. The first-order valence-corrected chi connectivity index (χ1v) is 28.7. The number of amides is 10. The minimum Gasteiger partial charge on any atom is -0.508 e. The molecule has 1 aromatic heterocycles. The first-order chi connectivity index (χ1) is 41.0. The zero-order chi connectivity index (χ0) is 63.2. The van der Waals surface area contributed by atoms with Crippen molar-refractivity contribution in [2.24, 2.45) is 5.73 Å². The molecule has 30 nitrogen and oxygen atoms in total. The molecule has 32 heteroatoms. The Bertz CT molecular complexity index is 2870. The van der Waals surface area contributed by atoms with Crippen LogP contribution in [0.15, 0.2) is 67.1 Å². The normalized spacial score (nSPS) is 17.8. The number of carboxylic acids is 2. The summed E-state index contributed by atoms with van der Waals surface area (Å²) in [5.41, 5.74) is 7.03. The summed E-state index contributed by atoms with van der Waals surface area (Å²) in [4.78, 5) is 171. The molecule has 468 valence electrons. The van der Waals surface area contributed by atoms with Crippen molar-refractivity contribution in [2.45, 2.75) is 131 Å². The van der Waals surface area contributed by atoms with Crippen LogP contribution in [0.5, 0.6) is 5.75 Å². The number of aliphatic hydroxyl groups excluding tert-OH is 2. The van der Waals surface area contributed by atoms with E-state index in [1.54, 1.807) is 30.3 Å². The summed E-state index contributed by atoms with van der Waals surface area (Å²) < 4.78 is 0. The molecule has 0 saturated carbocycles. The van der Waals surface area contributed by atoms with Crippen molar-refractivity contribution in [3.05, 3.63) is 83.9 Å². The van der Waals surface area contributed by atoms with Crippen LogP contribution in [0.1, 0.15) is 62.3 Å². The second-order valence-corrected chi connectivity index (χ2v) is 21.2. The van der Waals surface area contributed by atoms with Gasteiger partial charge in [-0.15, -0.1) is 0 Å². The highest BCUT2D eigenvalue weighted by Crippen LogP contribution is 2.22. The van der Waals surface area contributed by atoms with Crippen LogP contribution < -0.4 is 48.3 Å². The lowest BCUT2D eigenvalue weighted by molar-refractivity contribution is -0.145. The van der Waals surface area contributed by atoms with E-state index >= 15 is 0 Å². The fourth-order valence-corrected chi connectivity index (χ4v) is 10.1. The fourth-order valence-electron chi connectivity index (χ4n) is 9.57. The topological polar surface area (TPSA) is 463 Å². The summed E-state index contributed by atoms with van der Waals surface area (Å²) in [7, 11) is 0. The van der Waals surface area contributed by atoms with Gasteiger partial charge in [-0.25, -0.2) is 9.78 Å². The molecule has 0 spiro atoms. The molecule has 0 bridgehead atoms. The number of thiol groups is 2. The second kappa shape index (κ2) is 33.4. The first kappa shape index (κ1) is 68.5.